The highest BCUT2D eigenvalue weighted by molar-refractivity contribution is 9.10. The monoisotopic (exact) mass is 327 g/mol. The number of carbonyl (C=O) groups is 2. The second-order valence-electron chi connectivity index (χ2n) is 4.56. The van der Waals surface area contributed by atoms with E-state index in [1.54, 1.807) is 25.1 Å². The van der Waals surface area contributed by atoms with E-state index in [1.165, 1.54) is 0 Å². The molecule has 0 aliphatic heterocycles. The summed E-state index contributed by atoms with van der Waals surface area (Å²) in [6, 6.07) is 4.96. The topological polar surface area (TPSA) is 55.4 Å². The third-order valence-electron chi connectivity index (χ3n) is 2.35. The van der Waals surface area contributed by atoms with Gasteiger partial charge in [-0.1, -0.05) is 13.8 Å². The van der Waals surface area contributed by atoms with Crippen molar-refractivity contribution in [3.8, 4) is 0 Å². The molecule has 1 amide bonds. The van der Waals surface area contributed by atoms with Gasteiger partial charge in [-0.05, 0) is 47.0 Å². The summed E-state index contributed by atoms with van der Waals surface area (Å²) in [5.74, 6) is -0.111. The van der Waals surface area contributed by atoms with Gasteiger partial charge in [0, 0.05) is 10.9 Å². The maximum absolute atomic E-state index is 11.7. The molecule has 0 aromatic heterocycles. The summed E-state index contributed by atoms with van der Waals surface area (Å²) < 4.78 is 5.57. The number of hydrogen-bond acceptors (Lipinski definition) is 3. The molecule has 1 aromatic carbocycles. The summed E-state index contributed by atoms with van der Waals surface area (Å²) in [6.07, 6.45) is 0.464. The van der Waals surface area contributed by atoms with Crippen molar-refractivity contribution in [2.24, 2.45) is 5.92 Å². The molecule has 0 bridgehead atoms. The first-order chi connectivity index (χ1) is 8.93. The van der Waals surface area contributed by atoms with Crippen LogP contribution >= 0.6 is 15.9 Å². The van der Waals surface area contributed by atoms with Crippen LogP contribution in [0.5, 0.6) is 0 Å². The molecule has 0 heterocycles. The first kappa shape index (κ1) is 15.7. The minimum Gasteiger partial charge on any atom is -0.462 e. The van der Waals surface area contributed by atoms with Crippen LogP contribution in [-0.2, 0) is 9.53 Å². The van der Waals surface area contributed by atoms with Crippen LogP contribution in [0.3, 0.4) is 0 Å². The number of nitrogens with one attached hydrogen (secondary N) is 1. The Kier molecular flexibility index (Phi) is 6.02. The van der Waals surface area contributed by atoms with Crippen molar-refractivity contribution >= 4 is 33.5 Å². The van der Waals surface area contributed by atoms with Crippen LogP contribution in [0.15, 0.2) is 22.7 Å². The zero-order valence-electron chi connectivity index (χ0n) is 11.3. The normalized spacial score (nSPS) is 10.4. The molecule has 1 rings (SSSR count). The van der Waals surface area contributed by atoms with Crippen LogP contribution in [0.2, 0.25) is 0 Å². The second-order valence-corrected chi connectivity index (χ2v) is 5.42. The van der Waals surface area contributed by atoms with Crippen LogP contribution < -0.4 is 5.32 Å². The number of amides is 1. The zero-order chi connectivity index (χ0) is 14.4. The molecule has 0 saturated carbocycles. The van der Waals surface area contributed by atoms with E-state index in [9.17, 15) is 9.59 Å². The molecule has 5 heteroatoms. The van der Waals surface area contributed by atoms with Crippen LogP contribution in [0.1, 0.15) is 37.6 Å². The molecule has 4 nitrogen and oxygen atoms in total. The Morgan fingerprint density at radius 2 is 2.05 bits per heavy atom. The minimum absolute atomic E-state index is 0.0421. The Morgan fingerprint density at radius 1 is 1.37 bits per heavy atom. The van der Waals surface area contributed by atoms with Gasteiger partial charge in [-0.25, -0.2) is 4.79 Å². The third kappa shape index (κ3) is 5.03. The number of ether oxygens (including phenoxy) is 1. The predicted molar refractivity (Wildman–Crippen MR) is 78.2 cm³/mol. The SMILES string of the molecule is CCOC(=O)c1ccc(NC(=O)CC(C)C)c(Br)c1. The van der Waals surface area contributed by atoms with Gasteiger partial charge in [0.1, 0.15) is 0 Å². The number of halogens is 1. The standard InChI is InChI=1S/C14H18BrNO3/c1-4-19-14(18)10-5-6-12(11(15)8-10)16-13(17)7-9(2)3/h5-6,8-9H,4,7H2,1-3H3,(H,16,17). The molecular weight excluding hydrogens is 310 g/mol. The van der Waals surface area contributed by atoms with Gasteiger partial charge in [-0.3, -0.25) is 4.79 Å². The first-order valence-corrected chi connectivity index (χ1v) is 6.99. The summed E-state index contributed by atoms with van der Waals surface area (Å²) in [5, 5.41) is 2.80. The number of benzene rings is 1. The van der Waals surface area contributed by atoms with Crippen LogP contribution in [0, 0.1) is 5.92 Å². The van der Waals surface area contributed by atoms with E-state index < -0.39 is 0 Å². The molecule has 0 atom stereocenters. The average molecular weight is 328 g/mol. The van der Waals surface area contributed by atoms with E-state index in [0.29, 0.717) is 34.7 Å². The highest BCUT2D eigenvalue weighted by Crippen LogP contribution is 2.24. The molecule has 0 saturated heterocycles. The molecule has 1 N–H and O–H groups in total. The third-order valence-corrected chi connectivity index (χ3v) is 3.00. The Labute approximate surface area is 121 Å². The Hall–Kier alpha value is -1.36. The average Bonchev–Trinajstić information content (AvgIpc) is 2.31. The molecule has 19 heavy (non-hydrogen) atoms. The lowest BCUT2D eigenvalue weighted by molar-refractivity contribution is -0.116. The first-order valence-electron chi connectivity index (χ1n) is 6.20. The summed E-state index contributed by atoms with van der Waals surface area (Å²) in [7, 11) is 0. The Bertz CT molecular complexity index is 472. The minimum atomic E-state index is -0.372. The fraction of sp³-hybridized carbons (Fsp3) is 0.429. The molecule has 1 aromatic rings. The number of rotatable bonds is 5. The van der Waals surface area contributed by atoms with Gasteiger partial charge in [0.15, 0.2) is 0 Å². The number of hydrogen-bond donors (Lipinski definition) is 1. The molecule has 0 fully saturated rings. The van der Waals surface area contributed by atoms with Gasteiger partial charge >= 0.3 is 5.97 Å². The number of esters is 1. The molecule has 0 radical (unpaired) electrons. The Morgan fingerprint density at radius 3 is 2.58 bits per heavy atom. The maximum atomic E-state index is 11.7. The number of carbonyl (C=O) groups excluding carboxylic acids is 2. The number of anilines is 1. The lowest BCUT2D eigenvalue weighted by Gasteiger charge is -2.10. The van der Waals surface area contributed by atoms with Crippen molar-refractivity contribution in [2.75, 3.05) is 11.9 Å². The van der Waals surface area contributed by atoms with E-state index >= 15 is 0 Å². The van der Waals surface area contributed by atoms with Crippen LogP contribution in [0.25, 0.3) is 0 Å². The van der Waals surface area contributed by atoms with Crippen LogP contribution in [-0.4, -0.2) is 18.5 Å². The van der Waals surface area contributed by atoms with Gasteiger partial charge < -0.3 is 10.1 Å². The maximum Gasteiger partial charge on any atom is 0.338 e. The van der Waals surface area contributed by atoms with E-state index in [2.05, 4.69) is 21.2 Å². The lowest BCUT2D eigenvalue weighted by Crippen LogP contribution is -2.14. The van der Waals surface area contributed by atoms with Crippen molar-refractivity contribution < 1.29 is 14.3 Å². The van der Waals surface area contributed by atoms with Gasteiger partial charge in [0.25, 0.3) is 0 Å². The summed E-state index contributed by atoms with van der Waals surface area (Å²) in [6.45, 7) is 6.06. The van der Waals surface area contributed by atoms with Crippen molar-refractivity contribution in [3.05, 3.63) is 28.2 Å². The fourth-order valence-corrected chi connectivity index (χ4v) is 2.01. The van der Waals surface area contributed by atoms with Crippen molar-refractivity contribution in [3.63, 3.8) is 0 Å². The van der Waals surface area contributed by atoms with E-state index in [0.717, 1.165) is 0 Å². The molecule has 0 aliphatic carbocycles. The molecule has 0 aliphatic rings. The van der Waals surface area contributed by atoms with Crippen molar-refractivity contribution in [1.82, 2.24) is 0 Å². The predicted octanol–water partition coefficient (Wildman–Crippen LogP) is 3.61. The fourth-order valence-electron chi connectivity index (χ4n) is 1.53. The lowest BCUT2D eigenvalue weighted by atomic mass is 10.1. The van der Waals surface area contributed by atoms with Crippen LogP contribution in [0.4, 0.5) is 5.69 Å². The van der Waals surface area contributed by atoms with Gasteiger partial charge in [-0.15, -0.1) is 0 Å². The largest absolute Gasteiger partial charge is 0.462 e. The van der Waals surface area contributed by atoms with Crippen molar-refractivity contribution in [1.29, 1.82) is 0 Å². The smallest absolute Gasteiger partial charge is 0.338 e. The van der Waals surface area contributed by atoms with Gasteiger partial charge in [-0.2, -0.15) is 0 Å². The second kappa shape index (κ2) is 7.28. The van der Waals surface area contributed by atoms with Gasteiger partial charge in [0.2, 0.25) is 5.91 Å². The summed E-state index contributed by atoms with van der Waals surface area (Å²) >= 11 is 3.34. The van der Waals surface area contributed by atoms with Crippen molar-refractivity contribution in [2.45, 2.75) is 27.2 Å². The Balaban J connectivity index is 2.77. The molecule has 0 spiro atoms. The zero-order valence-corrected chi connectivity index (χ0v) is 12.9. The molecule has 104 valence electrons. The van der Waals surface area contributed by atoms with E-state index in [4.69, 9.17) is 4.74 Å². The van der Waals surface area contributed by atoms with E-state index in [1.807, 2.05) is 13.8 Å². The molecular formula is C14H18BrNO3. The summed E-state index contributed by atoms with van der Waals surface area (Å²) in [4.78, 5) is 23.2. The highest BCUT2D eigenvalue weighted by Gasteiger charge is 2.11. The quantitative estimate of drug-likeness (QED) is 0.840. The van der Waals surface area contributed by atoms with E-state index in [-0.39, 0.29) is 11.9 Å². The summed E-state index contributed by atoms with van der Waals surface area (Å²) in [5.41, 5.74) is 1.11. The molecule has 0 unspecified atom stereocenters. The van der Waals surface area contributed by atoms with Gasteiger partial charge in [0.05, 0.1) is 17.9 Å². The highest BCUT2D eigenvalue weighted by atomic mass is 79.9.